The molecule has 0 aliphatic heterocycles. The van der Waals surface area contributed by atoms with Crippen LogP contribution in [0.4, 0.5) is 4.39 Å². The van der Waals surface area contributed by atoms with Gasteiger partial charge in [0.1, 0.15) is 5.82 Å². The minimum Gasteiger partial charge on any atom is -0.352 e. The van der Waals surface area contributed by atoms with E-state index in [9.17, 15) is 14.0 Å². The first-order valence-corrected chi connectivity index (χ1v) is 7.02. The Morgan fingerprint density at radius 3 is 2.60 bits per heavy atom. The lowest BCUT2D eigenvalue weighted by atomic mass is 10.2. The second-order valence-corrected chi connectivity index (χ2v) is 5.48. The van der Waals surface area contributed by atoms with Gasteiger partial charge in [0.2, 0.25) is 0 Å². The molecule has 0 aliphatic rings. The molecule has 20 heavy (non-hydrogen) atoms. The number of amides is 1. The van der Waals surface area contributed by atoms with E-state index in [2.05, 4.69) is 5.32 Å². The monoisotopic (exact) mass is 291 g/mol. The van der Waals surface area contributed by atoms with Crippen molar-refractivity contribution in [2.45, 2.75) is 13.3 Å². The smallest absolute Gasteiger partial charge is 0.254 e. The first kappa shape index (κ1) is 14.4. The zero-order valence-electron chi connectivity index (χ0n) is 11.0. The Morgan fingerprint density at radius 2 is 1.95 bits per heavy atom. The number of benzene rings is 1. The molecule has 0 spiro atoms. The van der Waals surface area contributed by atoms with Crippen LogP contribution in [0.3, 0.4) is 0 Å². The number of rotatable bonds is 5. The minimum atomic E-state index is -0.528. The molecule has 1 aromatic heterocycles. The quantitative estimate of drug-likeness (QED) is 0.861. The highest BCUT2D eigenvalue weighted by atomic mass is 32.1. The Hall–Kier alpha value is -2.01. The van der Waals surface area contributed by atoms with Crippen LogP contribution in [0.5, 0.6) is 0 Å². The molecule has 0 fully saturated rings. The number of carbonyl (C=O) groups is 2. The van der Waals surface area contributed by atoms with Crippen LogP contribution in [-0.4, -0.2) is 18.2 Å². The van der Waals surface area contributed by atoms with Gasteiger partial charge in [-0.05, 0) is 37.6 Å². The highest BCUT2D eigenvalue weighted by Gasteiger charge is 2.10. The third-order valence-electron chi connectivity index (χ3n) is 2.78. The Kier molecular flexibility index (Phi) is 4.63. The summed E-state index contributed by atoms with van der Waals surface area (Å²) in [6, 6.07) is 9.52. The maximum absolute atomic E-state index is 13.4. The van der Waals surface area contributed by atoms with Crippen molar-refractivity contribution in [3.63, 3.8) is 0 Å². The molecule has 0 aliphatic carbocycles. The molecular weight excluding hydrogens is 277 g/mol. The van der Waals surface area contributed by atoms with Gasteiger partial charge in [0.25, 0.3) is 5.91 Å². The van der Waals surface area contributed by atoms with Crippen molar-refractivity contribution in [2.24, 2.45) is 0 Å². The molecule has 1 aromatic carbocycles. The van der Waals surface area contributed by atoms with Crippen LogP contribution >= 0.6 is 11.3 Å². The normalized spacial score (nSPS) is 10.3. The summed E-state index contributed by atoms with van der Waals surface area (Å²) in [6.45, 7) is 1.93. The summed E-state index contributed by atoms with van der Waals surface area (Å²) in [4.78, 5) is 24.7. The molecule has 0 saturated heterocycles. The van der Waals surface area contributed by atoms with Crippen molar-refractivity contribution in [3.05, 3.63) is 57.5 Å². The van der Waals surface area contributed by atoms with E-state index in [1.54, 1.807) is 18.2 Å². The van der Waals surface area contributed by atoms with E-state index in [0.717, 1.165) is 4.88 Å². The van der Waals surface area contributed by atoms with Crippen LogP contribution < -0.4 is 5.32 Å². The standard InChI is InChI=1S/C15H14FNO2S/c1-10(18)14-7-6-11(20-14)8-9-17-15(19)12-4-2-3-5-13(12)16/h2-7H,8-9H2,1H3,(H,17,19). The SMILES string of the molecule is CC(=O)c1ccc(CCNC(=O)c2ccccc2F)s1. The highest BCUT2D eigenvalue weighted by molar-refractivity contribution is 7.14. The summed E-state index contributed by atoms with van der Waals surface area (Å²) in [7, 11) is 0. The molecule has 3 nitrogen and oxygen atoms in total. The summed E-state index contributed by atoms with van der Waals surface area (Å²) in [5, 5.41) is 2.67. The fourth-order valence-electron chi connectivity index (χ4n) is 1.74. The van der Waals surface area contributed by atoms with Crippen molar-refractivity contribution in [2.75, 3.05) is 6.54 Å². The number of carbonyl (C=O) groups excluding carboxylic acids is 2. The van der Waals surface area contributed by atoms with Crippen LogP contribution in [0.25, 0.3) is 0 Å². The zero-order valence-corrected chi connectivity index (χ0v) is 11.8. The second-order valence-electron chi connectivity index (χ2n) is 4.31. The van der Waals surface area contributed by atoms with Gasteiger partial charge in [-0.3, -0.25) is 9.59 Å². The second kappa shape index (κ2) is 6.43. The first-order chi connectivity index (χ1) is 9.58. The predicted molar refractivity (Wildman–Crippen MR) is 76.8 cm³/mol. The van der Waals surface area contributed by atoms with Crippen molar-refractivity contribution in [1.82, 2.24) is 5.32 Å². The number of hydrogen-bond acceptors (Lipinski definition) is 3. The van der Waals surface area contributed by atoms with Crippen LogP contribution in [0.15, 0.2) is 36.4 Å². The molecule has 2 rings (SSSR count). The summed E-state index contributed by atoms with van der Waals surface area (Å²) >= 11 is 1.42. The number of thiophene rings is 1. The van der Waals surface area contributed by atoms with Crippen molar-refractivity contribution in [3.8, 4) is 0 Å². The number of Topliss-reactive ketones (excluding diaryl/α,β-unsaturated/α-hetero) is 1. The third-order valence-corrected chi connectivity index (χ3v) is 4.03. The summed E-state index contributed by atoms with van der Waals surface area (Å²) in [5.74, 6) is -0.914. The van der Waals surface area contributed by atoms with E-state index in [0.29, 0.717) is 17.8 Å². The van der Waals surface area contributed by atoms with Crippen LogP contribution in [0.1, 0.15) is 31.8 Å². The van der Waals surface area contributed by atoms with E-state index < -0.39 is 11.7 Å². The van der Waals surface area contributed by atoms with Gasteiger partial charge in [0.15, 0.2) is 5.78 Å². The van der Waals surface area contributed by atoms with Gasteiger partial charge in [-0.1, -0.05) is 12.1 Å². The molecule has 2 aromatic rings. The molecule has 0 unspecified atom stereocenters. The van der Waals surface area contributed by atoms with Gasteiger partial charge in [-0.15, -0.1) is 11.3 Å². The van der Waals surface area contributed by atoms with Gasteiger partial charge >= 0.3 is 0 Å². The molecule has 1 amide bonds. The van der Waals surface area contributed by atoms with Gasteiger partial charge in [0, 0.05) is 11.4 Å². The zero-order chi connectivity index (χ0) is 14.5. The fraction of sp³-hybridized carbons (Fsp3) is 0.200. The van der Waals surface area contributed by atoms with Crippen molar-refractivity contribution in [1.29, 1.82) is 0 Å². The van der Waals surface area contributed by atoms with Crippen LogP contribution in [0.2, 0.25) is 0 Å². The third kappa shape index (κ3) is 3.51. The molecule has 0 saturated carbocycles. The van der Waals surface area contributed by atoms with Crippen LogP contribution in [-0.2, 0) is 6.42 Å². The van der Waals surface area contributed by atoms with E-state index >= 15 is 0 Å². The summed E-state index contributed by atoms with van der Waals surface area (Å²) < 4.78 is 13.4. The number of nitrogens with one attached hydrogen (secondary N) is 1. The van der Waals surface area contributed by atoms with Gasteiger partial charge in [-0.2, -0.15) is 0 Å². The van der Waals surface area contributed by atoms with Gasteiger partial charge in [0.05, 0.1) is 10.4 Å². The van der Waals surface area contributed by atoms with E-state index in [1.165, 1.54) is 30.4 Å². The average Bonchev–Trinajstić information content (AvgIpc) is 2.88. The molecule has 0 bridgehead atoms. The van der Waals surface area contributed by atoms with E-state index in [1.807, 2.05) is 6.07 Å². The van der Waals surface area contributed by atoms with Crippen molar-refractivity contribution < 1.29 is 14.0 Å². The van der Waals surface area contributed by atoms with Gasteiger partial charge in [-0.25, -0.2) is 4.39 Å². The van der Waals surface area contributed by atoms with Crippen LogP contribution in [0, 0.1) is 5.82 Å². The minimum absolute atomic E-state index is 0.0386. The number of hydrogen-bond donors (Lipinski definition) is 1. The summed E-state index contributed by atoms with van der Waals surface area (Å²) in [5.41, 5.74) is 0.0445. The average molecular weight is 291 g/mol. The first-order valence-electron chi connectivity index (χ1n) is 6.20. The molecule has 104 valence electrons. The lowest BCUT2D eigenvalue weighted by Crippen LogP contribution is -2.26. The Balaban J connectivity index is 1.88. The fourth-order valence-corrected chi connectivity index (χ4v) is 2.64. The lowest BCUT2D eigenvalue weighted by molar-refractivity contribution is 0.0949. The Bertz CT molecular complexity index is 636. The van der Waals surface area contributed by atoms with Crippen molar-refractivity contribution >= 4 is 23.0 Å². The molecule has 1 N–H and O–H groups in total. The molecular formula is C15H14FNO2S. The maximum atomic E-state index is 13.4. The Morgan fingerprint density at radius 1 is 1.20 bits per heavy atom. The number of ketones is 1. The number of halogens is 1. The van der Waals surface area contributed by atoms with E-state index in [4.69, 9.17) is 0 Å². The predicted octanol–water partition coefficient (Wildman–Crippen LogP) is 3.06. The molecule has 1 heterocycles. The van der Waals surface area contributed by atoms with E-state index in [-0.39, 0.29) is 11.3 Å². The largest absolute Gasteiger partial charge is 0.352 e. The topological polar surface area (TPSA) is 46.2 Å². The lowest BCUT2D eigenvalue weighted by Gasteiger charge is -2.05. The highest BCUT2D eigenvalue weighted by Crippen LogP contribution is 2.17. The molecule has 0 atom stereocenters. The molecule has 5 heteroatoms. The Labute approximate surface area is 120 Å². The molecule has 0 radical (unpaired) electrons. The van der Waals surface area contributed by atoms with Gasteiger partial charge < -0.3 is 5.32 Å². The maximum Gasteiger partial charge on any atom is 0.254 e. The summed E-state index contributed by atoms with van der Waals surface area (Å²) in [6.07, 6.45) is 0.623.